The van der Waals surface area contributed by atoms with Crippen molar-refractivity contribution in [2.45, 2.75) is 13.8 Å². The van der Waals surface area contributed by atoms with Crippen molar-refractivity contribution in [3.63, 3.8) is 0 Å². The van der Waals surface area contributed by atoms with Crippen LogP contribution in [0.15, 0.2) is 30.6 Å². The minimum Gasteiger partial charge on any atom is -0.480 e. The molecule has 1 heterocycles. The maximum Gasteiger partial charge on any atom is 0.323 e. The fraction of sp³-hybridized carbons (Fsp3) is 0.357. The number of rotatable bonds is 5. The van der Waals surface area contributed by atoms with Crippen LogP contribution in [0.1, 0.15) is 13.8 Å². The number of carbonyl (C=O) groups is 1. The van der Waals surface area contributed by atoms with Gasteiger partial charge in [0, 0.05) is 11.9 Å². The highest BCUT2D eigenvalue weighted by molar-refractivity contribution is 5.90. The largest absolute Gasteiger partial charge is 0.480 e. The first kappa shape index (κ1) is 13.3. The van der Waals surface area contributed by atoms with Crippen LogP contribution in [0, 0.1) is 5.92 Å². The molecule has 2 rings (SSSR count). The first-order valence-corrected chi connectivity index (χ1v) is 6.24. The molecule has 0 aliphatic rings. The van der Waals surface area contributed by atoms with Gasteiger partial charge in [-0.25, -0.2) is 9.97 Å². The molecule has 0 saturated carbocycles. The molecule has 1 aromatic heterocycles. The summed E-state index contributed by atoms with van der Waals surface area (Å²) in [7, 11) is 0. The van der Waals surface area contributed by atoms with Gasteiger partial charge in [-0.05, 0) is 18.1 Å². The zero-order valence-corrected chi connectivity index (χ0v) is 11.1. The van der Waals surface area contributed by atoms with E-state index in [0.29, 0.717) is 18.3 Å². The molecule has 0 aliphatic heterocycles. The third-order valence-electron chi connectivity index (χ3n) is 2.73. The van der Waals surface area contributed by atoms with Gasteiger partial charge >= 0.3 is 5.97 Å². The number of anilines is 1. The molecule has 0 aliphatic carbocycles. The third-order valence-corrected chi connectivity index (χ3v) is 2.73. The van der Waals surface area contributed by atoms with E-state index in [1.165, 1.54) is 6.33 Å². The highest BCUT2D eigenvalue weighted by Gasteiger charge is 2.16. The molecule has 0 bridgehead atoms. The second kappa shape index (κ2) is 5.65. The first-order chi connectivity index (χ1) is 9.08. The summed E-state index contributed by atoms with van der Waals surface area (Å²) in [5.74, 6) is 0.179. The van der Waals surface area contributed by atoms with E-state index in [2.05, 4.69) is 23.8 Å². The van der Waals surface area contributed by atoms with Crippen molar-refractivity contribution >= 4 is 22.7 Å². The van der Waals surface area contributed by atoms with Crippen molar-refractivity contribution in [2.24, 2.45) is 5.92 Å². The zero-order valence-electron chi connectivity index (χ0n) is 11.1. The summed E-state index contributed by atoms with van der Waals surface area (Å²) in [6.45, 7) is 4.70. The van der Waals surface area contributed by atoms with Gasteiger partial charge in [-0.3, -0.25) is 4.79 Å². The Balaban J connectivity index is 2.45. The van der Waals surface area contributed by atoms with Gasteiger partial charge in [-0.1, -0.05) is 26.0 Å². The SMILES string of the molecule is CC(C)CN(CC(=O)O)c1ncnc2ccccc12. The first-order valence-electron chi connectivity index (χ1n) is 6.24. The minimum atomic E-state index is -0.858. The van der Waals surface area contributed by atoms with Crippen LogP contribution in [0.5, 0.6) is 0 Å². The van der Waals surface area contributed by atoms with Gasteiger partial charge in [0.05, 0.1) is 5.52 Å². The number of fused-ring (bicyclic) bond motifs is 1. The quantitative estimate of drug-likeness (QED) is 0.891. The number of carboxylic acids is 1. The van der Waals surface area contributed by atoms with E-state index in [-0.39, 0.29) is 6.54 Å². The molecule has 0 fully saturated rings. The number of nitrogens with zero attached hydrogens (tertiary/aromatic N) is 3. The average Bonchev–Trinajstić information content (AvgIpc) is 2.36. The standard InChI is InChI=1S/C14H17N3O2/c1-10(2)7-17(8-13(18)19)14-11-5-3-4-6-12(11)15-9-16-14/h3-6,9-10H,7-8H2,1-2H3,(H,18,19). The Hall–Kier alpha value is -2.17. The van der Waals surface area contributed by atoms with E-state index in [4.69, 9.17) is 5.11 Å². The molecule has 0 radical (unpaired) electrons. The number of aliphatic carboxylic acids is 1. The lowest BCUT2D eigenvalue weighted by atomic mass is 10.1. The molecular formula is C14H17N3O2. The number of para-hydroxylation sites is 1. The van der Waals surface area contributed by atoms with Gasteiger partial charge in [-0.2, -0.15) is 0 Å². The van der Waals surface area contributed by atoms with Crippen LogP contribution in [-0.4, -0.2) is 34.1 Å². The van der Waals surface area contributed by atoms with Crippen molar-refractivity contribution < 1.29 is 9.90 Å². The Labute approximate surface area is 111 Å². The summed E-state index contributed by atoms with van der Waals surface area (Å²) in [5, 5.41) is 9.93. The Bertz CT molecular complexity index is 578. The van der Waals surface area contributed by atoms with Crippen molar-refractivity contribution in [1.29, 1.82) is 0 Å². The zero-order chi connectivity index (χ0) is 13.8. The minimum absolute atomic E-state index is 0.0564. The maximum atomic E-state index is 11.0. The number of aromatic nitrogens is 2. The summed E-state index contributed by atoms with van der Waals surface area (Å²) < 4.78 is 0. The van der Waals surface area contributed by atoms with E-state index >= 15 is 0 Å². The van der Waals surface area contributed by atoms with E-state index in [9.17, 15) is 4.79 Å². The topological polar surface area (TPSA) is 66.3 Å². The summed E-state index contributed by atoms with van der Waals surface area (Å²) in [6, 6.07) is 7.63. The molecule has 5 heteroatoms. The summed E-state index contributed by atoms with van der Waals surface area (Å²) in [6.07, 6.45) is 1.48. The van der Waals surface area contributed by atoms with Gasteiger partial charge in [0.15, 0.2) is 0 Å². The lowest BCUT2D eigenvalue weighted by molar-refractivity contribution is -0.135. The summed E-state index contributed by atoms with van der Waals surface area (Å²) >= 11 is 0. The fourth-order valence-corrected chi connectivity index (χ4v) is 2.07. The van der Waals surface area contributed by atoms with Crippen LogP contribution in [0.3, 0.4) is 0 Å². The molecule has 5 nitrogen and oxygen atoms in total. The normalized spacial score (nSPS) is 10.9. The van der Waals surface area contributed by atoms with Crippen LogP contribution in [0.4, 0.5) is 5.82 Å². The van der Waals surface area contributed by atoms with Gasteiger partial charge in [0.2, 0.25) is 0 Å². The van der Waals surface area contributed by atoms with Crippen LogP contribution >= 0.6 is 0 Å². The predicted molar refractivity (Wildman–Crippen MR) is 74.2 cm³/mol. The molecule has 0 unspecified atom stereocenters. The highest BCUT2D eigenvalue weighted by atomic mass is 16.4. The second-order valence-corrected chi connectivity index (χ2v) is 4.88. The fourth-order valence-electron chi connectivity index (χ4n) is 2.07. The van der Waals surface area contributed by atoms with E-state index < -0.39 is 5.97 Å². The van der Waals surface area contributed by atoms with Gasteiger partial charge in [0.25, 0.3) is 0 Å². The van der Waals surface area contributed by atoms with Crippen LogP contribution in [-0.2, 0) is 4.79 Å². The Morgan fingerprint density at radius 3 is 2.74 bits per heavy atom. The maximum absolute atomic E-state index is 11.0. The average molecular weight is 259 g/mol. The lowest BCUT2D eigenvalue weighted by Crippen LogP contribution is -2.33. The third kappa shape index (κ3) is 3.19. The highest BCUT2D eigenvalue weighted by Crippen LogP contribution is 2.23. The monoisotopic (exact) mass is 259 g/mol. The second-order valence-electron chi connectivity index (χ2n) is 4.88. The van der Waals surface area contributed by atoms with Crippen molar-refractivity contribution in [3.05, 3.63) is 30.6 Å². The Morgan fingerprint density at radius 1 is 1.32 bits per heavy atom. The van der Waals surface area contributed by atoms with Crippen LogP contribution in [0.2, 0.25) is 0 Å². The molecule has 0 spiro atoms. The number of hydrogen-bond acceptors (Lipinski definition) is 4. The van der Waals surface area contributed by atoms with E-state index in [0.717, 1.165) is 10.9 Å². The molecule has 19 heavy (non-hydrogen) atoms. The number of hydrogen-bond donors (Lipinski definition) is 1. The van der Waals surface area contributed by atoms with E-state index in [1.807, 2.05) is 24.3 Å². The van der Waals surface area contributed by atoms with Gasteiger partial charge < -0.3 is 10.0 Å². The van der Waals surface area contributed by atoms with Crippen molar-refractivity contribution in [3.8, 4) is 0 Å². The molecule has 0 atom stereocenters. The van der Waals surface area contributed by atoms with Gasteiger partial charge in [-0.15, -0.1) is 0 Å². The van der Waals surface area contributed by atoms with Gasteiger partial charge in [0.1, 0.15) is 18.7 Å². The van der Waals surface area contributed by atoms with Crippen LogP contribution < -0.4 is 4.90 Å². The number of carboxylic acid groups (broad SMARTS) is 1. The van der Waals surface area contributed by atoms with Crippen LogP contribution in [0.25, 0.3) is 10.9 Å². The molecule has 2 aromatic rings. The number of benzene rings is 1. The molecule has 1 N–H and O–H groups in total. The molecule has 0 amide bonds. The predicted octanol–water partition coefficient (Wildman–Crippen LogP) is 2.18. The Kier molecular flexibility index (Phi) is 3.94. The summed E-state index contributed by atoms with van der Waals surface area (Å²) in [5.41, 5.74) is 0.826. The molecule has 0 saturated heterocycles. The van der Waals surface area contributed by atoms with Crippen molar-refractivity contribution in [1.82, 2.24) is 9.97 Å². The Morgan fingerprint density at radius 2 is 2.05 bits per heavy atom. The molecule has 1 aromatic carbocycles. The smallest absolute Gasteiger partial charge is 0.323 e. The molecule has 100 valence electrons. The summed E-state index contributed by atoms with van der Waals surface area (Å²) in [4.78, 5) is 21.3. The molecular weight excluding hydrogens is 242 g/mol. The lowest BCUT2D eigenvalue weighted by Gasteiger charge is -2.24. The van der Waals surface area contributed by atoms with E-state index in [1.54, 1.807) is 4.90 Å². The van der Waals surface area contributed by atoms with Crippen molar-refractivity contribution in [2.75, 3.05) is 18.0 Å².